The van der Waals surface area contributed by atoms with Crippen molar-refractivity contribution in [2.75, 3.05) is 0 Å². The molecule has 94 valence electrons. The number of nitrogens with two attached hydrogens (primary N) is 1. The van der Waals surface area contributed by atoms with Crippen molar-refractivity contribution in [3.05, 3.63) is 59.2 Å². The molecule has 0 aliphatic rings. The predicted molar refractivity (Wildman–Crippen MR) is 75.0 cm³/mol. The van der Waals surface area contributed by atoms with Crippen molar-refractivity contribution in [1.29, 1.82) is 0 Å². The van der Waals surface area contributed by atoms with Crippen LogP contribution in [0.3, 0.4) is 0 Å². The molecule has 2 N–H and O–H groups in total. The fraction of sp³-hybridized carbons (Fsp3) is 0.250. The lowest BCUT2D eigenvalue weighted by molar-refractivity contribution is 0.481. The third-order valence-corrected chi connectivity index (χ3v) is 2.84. The maximum Gasteiger partial charge on any atom is 0.127 e. The molecule has 2 nitrogen and oxygen atoms in total. The van der Waals surface area contributed by atoms with Crippen molar-refractivity contribution in [2.24, 2.45) is 5.73 Å². The van der Waals surface area contributed by atoms with Crippen LogP contribution in [-0.2, 0) is 0 Å². The first-order chi connectivity index (χ1) is 8.54. The molecule has 2 heteroatoms. The molecule has 0 unspecified atom stereocenters. The molecule has 0 aromatic heterocycles. The molecule has 2 rings (SSSR count). The van der Waals surface area contributed by atoms with Gasteiger partial charge in [0.1, 0.15) is 11.5 Å². The average Bonchev–Trinajstić information content (AvgIpc) is 2.28. The molecule has 0 saturated heterocycles. The lowest BCUT2D eigenvalue weighted by Gasteiger charge is -2.10. The molecule has 0 aliphatic carbocycles. The summed E-state index contributed by atoms with van der Waals surface area (Å²) in [5.41, 5.74) is 9.34. The van der Waals surface area contributed by atoms with E-state index in [1.165, 1.54) is 11.1 Å². The van der Waals surface area contributed by atoms with Crippen LogP contribution >= 0.6 is 0 Å². The summed E-state index contributed by atoms with van der Waals surface area (Å²) < 4.78 is 5.83. The van der Waals surface area contributed by atoms with E-state index in [1.807, 2.05) is 43.3 Å². The summed E-state index contributed by atoms with van der Waals surface area (Å²) in [6.45, 7) is 6.11. The number of hydrogen-bond donors (Lipinski definition) is 1. The van der Waals surface area contributed by atoms with Crippen LogP contribution in [0, 0.1) is 13.8 Å². The van der Waals surface area contributed by atoms with Crippen LogP contribution in [0.25, 0.3) is 0 Å². The van der Waals surface area contributed by atoms with Crippen molar-refractivity contribution in [1.82, 2.24) is 0 Å². The maximum absolute atomic E-state index is 5.83. The molecule has 0 aliphatic heterocycles. The van der Waals surface area contributed by atoms with E-state index in [0.717, 1.165) is 17.1 Å². The average molecular weight is 241 g/mol. The van der Waals surface area contributed by atoms with Crippen LogP contribution in [0.2, 0.25) is 0 Å². The van der Waals surface area contributed by atoms with Gasteiger partial charge in [0.05, 0.1) is 0 Å². The van der Waals surface area contributed by atoms with Gasteiger partial charge < -0.3 is 10.5 Å². The number of benzene rings is 2. The normalized spacial score (nSPS) is 12.2. The van der Waals surface area contributed by atoms with E-state index in [2.05, 4.69) is 19.9 Å². The fourth-order valence-corrected chi connectivity index (χ4v) is 1.97. The Labute approximate surface area is 108 Å². The zero-order chi connectivity index (χ0) is 13.1. The fourth-order valence-electron chi connectivity index (χ4n) is 1.97. The molecular formula is C16H19NO. The highest BCUT2D eigenvalue weighted by molar-refractivity contribution is 5.38. The van der Waals surface area contributed by atoms with Crippen LogP contribution < -0.4 is 10.5 Å². The van der Waals surface area contributed by atoms with Crippen LogP contribution in [-0.4, -0.2) is 0 Å². The minimum atomic E-state index is 0.0558. The predicted octanol–water partition coefficient (Wildman–Crippen LogP) is 4.12. The quantitative estimate of drug-likeness (QED) is 0.877. The van der Waals surface area contributed by atoms with Gasteiger partial charge >= 0.3 is 0 Å². The molecule has 0 spiro atoms. The van der Waals surface area contributed by atoms with E-state index in [9.17, 15) is 0 Å². The molecule has 0 fully saturated rings. The van der Waals surface area contributed by atoms with Crippen LogP contribution in [0.1, 0.15) is 29.7 Å². The highest BCUT2D eigenvalue weighted by atomic mass is 16.5. The van der Waals surface area contributed by atoms with Crippen LogP contribution in [0.4, 0.5) is 0 Å². The summed E-state index contributed by atoms with van der Waals surface area (Å²) in [7, 11) is 0. The lowest BCUT2D eigenvalue weighted by atomic mass is 10.1. The van der Waals surface area contributed by atoms with Crippen molar-refractivity contribution >= 4 is 0 Å². The third kappa shape index (κ3) is 3.11. The molecule has 2 aromatic carbocycles. The molecule has 18 heavy (non-hydrogen) atoms. The Balaban J connectivity index is 2.18. The number of hydrogen-bond acceptors (Lipinski definition) is 2. The lowest BCUT2D eigenvalue weighted by Crippen LogP contribution is -2.04. The SMILES string of the molecule is Cc1cc(C)cc(Oc2ccc([C@H](C)N)cc2)c1. The van der Waals surface area contributed by atoms with E-state index in [4.69, 9.17) is 10.5 Å². The minimum absolute atomic E-state index is 0.0558. The zero-order valence-corrected chi connectivity index (χ0v) is 11.1. The molecule has 0 radical (unpaired) electrons. The second-order valence-electron chi connectivity index (χ2n) is 4.78. The number of rotatable bonds is 3. The van der Waals surface area contributed by atoms with Crippen molar-refractivity contribution in [3.63, 3.8) is 0 Å². The van der Waals surface area contributed by atoms with Gasteiger partial charge in [-0.1, -0.05) is 18.2 Å². The Bertz CT molecular complexity index is 509. The van der Waals surface area contributed by atoms with E-state index >= 15 is 0 Å². The van der Waals surface area contributed by atoms with Gasteiger partial charge in [-0.15, -0.1) is 0 Å². The van der Waals surface area contributed by atoms with Gasteiger partial charge in [-0.05, 0) is 61.7 Å². The van der Waals surface area contributed by atoms with E-state index < -0.39 is 0 Å². The highest BCUT2D eigenvalue weighted by Gasteiger charge is 2.02. The Kier molecular flexibility index (Phi) is 3.68. The van der Waals surface area contributed by atoms with Gasteiger partial charge in [0, 0.05) is 6.04 Å². The Hall–Kier alpha value is -1.80. The molecular weight excluding hydrogens is 222 g/mol. The summed E-state index contributed by atoms with van der Waals surface area (Å²) >= 11 is 0. The summed E-state index contributed by atoms with van der Waals surface area (Å²) in [4.78, 5) is 0. The third-order valence-electron chi connectivity index (χ3n) is 2.84. The van der Waals surface area contributed by atoms with Gasteiger partial charge in [0.25, 0.3) is 0 Å². The monoisotopic (exact) mass is 241 g/mol. The van der Waals surface area contributed by atoms with Crippen molar-refractivity contribution in [3.8, 4) is 11.5 Å². The van der Waals surface area contributed by atoms with Gasteiger partial charge in [0.15, 0.2) is 0 Å². The number of aryl methyl sites for hydroxylation is 2. The Morgan fingerprint density at radius 3 is 1.94 bits per heavy atom. The van der Waals surface area contributed by atoms with Gasteiger partial charge in [0.2, 0.25) is 0 Å². The van der Waals surface area contributed by atoms with E-state index in [-0.39, 0.29) is 6.04 Å². The van der Waals surface area contributed by atoms with Gasteiger partial charge in [-0.25, -0.2) is 0 Å². The molecule has 0 bridgehead atoms. The van der Waals surface area contributed by atoms with Crippen LogP contribution in [0.5, 0.6) is 11.5 Å². The number of ether oxygens (including phenoxy) is 1. The van der Waals surface area contributed by atoms with Gasteiger partial charge in [-0.2, -0.15) is 0 Å². The van der Waals surface area contributed by atoms with Crippen molar-refractivity contribution in [2.45, 2.75) is 26.8 Å². The summed E-state index contributed by atoms with van der Waals surface area (Å²) in [5.74, 6) is 1.71. The molecule has 0 amide bonds. The van der Waals surface area contributed by atoms with Crippen molar-refractivity contribution < 1.29 is 4.74 Å². The smallest absolute Gasteiger partial charge is 0.127 e. The summed E-state index contributed by atoms with van der Waals surface area (Å²) in [6, 6.07) is 14.2. The standard InChI is InChI=1S/C16H19NO/c1-11-8-12(2)10-16(9-11)18-15-6-4-14(5-7-15)13(3)17/h4-10,13H,17H2,1-3H3/t13-/m0/s1. The molecule has 0 heterocycles. The zero-order valence-electron chi connectivity index (χ0n) is 11.1. The minimum Gasteiger partial charge on any atom is -0.457 e. The molecule has 1 atom stereocenters. The second kappa shape index (κ2) is 5.23. The van der Waals surface area contributed by atoms with Crippen LogP contribution in [0.15, 0.2) is 42.5 Å². The van der Waals surface area contributed by atoms with E-state index in [1.54, 1.807) is 0 Å². The highest BCUT2D eigenvalue weighted by Crippen LogP contribution is 2.24. The first kappa shape index (κ1) is 12.7. The topological polar surface area (TPSA) is 35.2 Å². The molecule has 2 aromatic rings. The second-order valence-corrected chi connectivity index (χ2v) is 4.78. The maximum atomic E-state index is 5.83. The summed E-state index contributed by atoms with van der Waals surface area (Å²) in [5, 5.41) is 0. The Morgan fingerprint density at radius 2 is 1.44 bits per heavy atom. The summed E-state index contributed by atoms with van der Waals surface area (Å²) in [6.07, 6.45) is 0. The first-order valence-corrected chi connectivity index (χ1v) is 6.16. The largest absolute Gasteiger partial charge is 0.457 e. The van der Waals surface area contributed by atoms with Gasteiger partial charge in [-0.3, -0.25) is 0 Å². The molecule has 0 saturated carbocycles. The first-order valence-electron chi connectivity index (χ1n) is 6.16. The Morgan fingerprint density at radius 1 is 0.889 bits per heavy atom. The van der Waals surface area contributed by atoms with E-state index in [0.29, 0.717) is 0 Å².